The second kappa shape index (κ2) is 4.63. The highest BCUT2D eigenvalue weighted by atomic mass is 19.1. The fraction of sp³-hybridized carbons (Fsp3) is 0.438. The van der Waals surface area contributed by atoms with Crippen LogP contribution in [0.2, 0.25) is 0 Å². The highest BCUT2D eigenvalue weighted by Crippen LogP contribution is 2.49. The molecule has 6 heteroatoms. The largest absolute Gasteiger partial charge is 0.333 e. The average Bonchev–Trinajstić information content (AvgIpc) is 3.26. The van der Waals surface area contributed by atoms with Crippen molar-refractivity contribution in [2.75, 3.05) is 6.54 Å². The van der Waals surface area contributed by atoms with Gasteiger partial charge in [0.05, 0.1) is 12.0 Å². The molecule has 0 unspecified atom stereocenters. The number of rotatable bonds is 2. The van der Waals surface area contributed by atoms with Crippen LogP contribution in [0.5, 0.6) is 0 Å². The fourth-order valence-electron chi connectivity index (χ4n) is 3.30. The lowest BCUT2D eigenvalue weighted by molar-refractivity contribution is -0.135. The molecule has 4 rings (SSSR count). The fourth-order valence-corrected chi connectivity index (χ4v) is 3.30. The number of carbonyl (C=O) groups excluding carboxylic acids is 1. The van der Waals surface area contributed by atoms with Gasteiger partial charge in [0.25, 0.3) is 0 Å². The van der Waals surface area contributed by atoms with E-state index in [1.165, 1.54) is 12.1 Å². The van der Waals surface area contributed by atoms with Crippen molar-refractivity contribution in [3.63, 3.8) is 0 Å². The molecular weight excluding hydrogens is 283 g/mol. The van der Waals surface area contributed by atoms with Crippen LogP contribution >= 0.6 is 0 Å². The Bertz CT molecular complexity index is 733. The van der Waals surface area contributed by atoms with E-state index in [9.17, 15) is 9.18 Å². The van der Waals surface area contributed by atoms with Crippen LogP contribution in [-0.2, 0) is 23.3 Å². The first-order valence-corrected chi connectivity index (χ1v) is 7.54. The molecule has 114 valence electrons. The van der Waals surface area contributed by atoms with Crippen molar-refractivity contribution in [2.45, 2.75) is 38.3 Å². The van der Waals surface area contributed by atoms with Crippen LogP contribution in [0, 0.1) is 12.7 Å². The first-order chi connectivity index (χ1) is 10.6. The Balaban J connectivity index is 1.59. The molecule has 1 fully saturated rings. The van der Waals surface area contributed by atoms with Crippen LogP contribution in [-0.4, -0.2) is 32.1 Å². The summed E-state index contributed by atoms with van der Waals surface area (Å²) in [5.74, 6) is 1.59. The Morgan fingerprint density at radius 2 is 1.91 bits per heavy atom. The molecular formula is C16H17FN4O. The zero-order valence-corrected chi connectivity index (χ0v) is 12.4. The number of carbonyl (C=O) groups is 1. The molecule has 1 amide bonds. The summed E-state index contributed by atoms with van der Waals surface area (Å²) < 4.78 is 15.2. The number of hydrogen-bond acceptors (Lipinski definition) is 3. The Labute approximate surface area is 127 Å². The quantitative estimate of drug-likeness (QED) is 0.850. The first kappa shape index (κ1) is 13.4. The Kier molecular flexibility index (Phi) is 2.82. The number of hydrogen-bond donors (Lipinski definition) is 0. The highest BCUT2D eigenvalue weighted by Gasteiger charge is 2.53. The maximum Gasteiger partial charge on any atom is 0.233 e. The summed E-state index contributed by atoms with van der Waals surface area (Å²) in [6.07, 6.45) is 1.67. The molecule has 1 aliphatic carbocycles. The van der Waals surface area contributed by atoms with Crippen molar-refractivity contribution >= 4 is 5.91 Å². The van der Waals surface area contributed by atoms with E-state index >= 15 is 0 Å². The number of fused-ring (bicyclic) bond motifs is 1. The van der Waals surface area contributed by atoms with Gasteiger partial charge in [-0.3, -0.25) is 4.79 Å². The van der Waals surface area contributed by atoms with Crippen LogP contribution in [0.4, 0.5) is 4.39 Å². The number of aryl methyl sites for hydroxylation is 1. The maximum absolute atomic E-state index is 13.1. The zero-order chi connectivity index (χ0) is 15.3. The Hall–Kier alpha value is -2.24. The van der Waals surface area contributed by atoms with E-state index in [0.717, 1.165) is 36.6 Å². The first-order valence-electron chi connectivity index (χ1n) is 7.54. The van der Waals surface area contributed by atoms with Gasteiger partial charge in [-0.25, -0.2) is 4.39 Å². The van der Waals surface area contributed by atoms with Crippen molar-refractivity contribution in [2.24, 2.45) is 0 Å². The van der Waals surface area contributed by atoms with E-state index in [1.807, 2.05) is 11.8 Å². The molecule has 1 aromatic carbocycles. The SMILES string of the molecule is Cc1nnc2n1CCN(C(=O)C1(c3ccc(F)cc3)CC1)C2. The van der Waals surface area contributed by atoms with Crippen LogP contribution in [0.3, 0.4) is 0 Å². The lowest BCUT2D eigenvalue weighted by atomic mass is 9.94. The van der Waals surface area contributed by atoms with Gasteiger partial charge in [0.1, 0.15) is 11.6 Å². The normalized spacial score (nSPS) is 18.9. The molecule has 0 bridgehead atoms. The van der Waals surface area contributed by atoms with Gasteiger partial charge in [0, 0.05) is 13.1 Å². The Morgan fingerprint density at radius 3 is 2.59 bits per heavy atom. The van der Waals surface area contributed by atoms with E-state index < -0.39 is 5.41 Å². The average molecular weight is 300 g/mol. The molecule has 2 aromatic rings. The number of nitrogens with zero attached hydrogens (tertiary/aromatic N) is 4. The zero-order valence-electron chi connectivity index (χ0n) is 12.4. The molecule has 22 heavy (non-hydrogen) atoms. The second-order valence-electron chi connectivity index (χ2n) is 6.13. The number of aromatic nitrogens is 3. The lowest BCUT2D eigenvalue weighted by Crippen LogP contribution is -2.44. The molecule has 1 aliphatic heterocycles. The van der Waals surface area contributed by atoms with Crippen molar-refractivity contribution in [1.82, 2.24) is 19.7 Å². The van der Waals surface area contributed by atoms with E-state index in [1.54, 1.807) is 12.1 Å². The second-order valence-corrected chi connectivity index (χ2v) is 6.13. The van der Waals surface area contributed by atoms with Crippen LogP contribution in [0.15, 0.2) is 24.3 Å². The molecule has 1 aromatic heterocycles. The molecule has 0 saturated heterocycles. The molecule has 1 saturated carbocycles. The van der Waals surface area contributed by atoms with E-state index in [2.05, 4.69) is 14.8 Å². The maximum atomic E-state index is 13.1. The monoisotopic (exact) mass is 300 g/mol. The predicted octanol–water partition coefficient (Wildman–Crippen LogP) is 1.80. The van der Waals surface area contributed by atoms with Crippen molar-refractivity contribution in [1.29, 1.82) is 0 Å². The molecule has 0 atom stereocenters. The number of benzene rings is 1. The van der Waals surface area contributed by atoms with Crippen molar-refractivity contribution in [3.05, 3.63) is 47.3 Å². The minimum Gasteiger partial charge on any atom is -0.333 e. The van der Waals surface area contributed by atoms with E-state index in [4.69, 9.17) is 0 Å². The summed E-state index contributed by atoms with van der Waals surface area (Å²) in [6, 6.07) is 6.32. The third-order valence-corrected chi connectivity index (χ3v) is 4.78. The van der Waals surface area contributed by atoms with Crippen molar-refractivity contribution in [3.8, 4) is 0 Å². The summed E-state index contributed by atoms with van der Waals surface area (Å²) in [6.45, 7) is 3.84. The summed E-state index contributed by atoms with van der Waals surface area (Å²) in [4.78, 5) is 14.8. The predicted molar refractivity (Wildman–Crippen MR) is 77.5 cm³/mol. The van der Waals surface area contributed by atoms with Crippen LogP contribution in [0.1, 0.15) is 30.1 Å². The van der Waals surface area contributed by atoms with Gasteiger partial charge < -0.3 is 9.47 Å². The third-order valence-electron chi connectivity index (χ3n) is 4.78. The van der Waals surface area contributed by atoms with Gasteiger partial charge in [-0.05, 0) is 37.5 Å². The van der Waals surface area contributed by atoms with Gasteiger partial charge in [0.2, 0.25) is 5.91 Å². The number of halogens is 1. The smallest absolute Gasteiger partial charge is 0.233 e. The lowest BCUT2D eigenvalue weighted by Gasteiger charge is -2.31. The highest BCUT2D eigenvalue weighted by molar-refractivity contribution is 5.91. The minimum atomic E-state index is -0.453. The topological polar surface area (TPSA) is 51.0 Å². The van der Waals surface area contributed by atoms with Gasteiger partial charge in [-0.1, -0.05) is 12.1 Å². The molecule has 0 radical (unpaired) electrons. The molecule has 2 aliphatic rings. The van der Waals surface area contributed by atoms with Crippen molar-refractivity contribution < 1.29 is 9.18 Å². The van der Waals surface area contributed by atoms with E-state index in [-0.39, 0.29) is 11.7 Å². The Morgan fingerprint density at radius 1 is 1.18 bits per heavy atom. The molecule has 2 heterocycles. The van der Waals surface area contributed by atoms with E-state index in [0.29, 0.717) is 13.1 Å². The molecule has 0 spiro atoms. The number of amides is 1. The van der Waals surface area contributed by atoms with Gasteiger partial charge in [-0.2, -0.15) is 0 Å². The van der Waals surface area contributed by atoms with Gasteiger partial charge in [0.15, 0.2) is 5.82 Å². The molecule has 0 N–H and O–H groups in total. The third kappa shape index (κ3) is 1.94. The van der Waals surface area contributed by atoms with Crippen LogP contribution < -0.4 is 0 Å². The minimum absolute atomic E-state index is 0.131. The standard InChI is InChI=1S/C16H17FN4O/c1-11-18-19-14-10-20(8-9-21(11)14)15(22)16(6-7-16)12-2-4-13(17)5-3-12/h2-5H,6-10H2,1H3. The summed E-state index contributed by atoms with van der Waals surface area (Å²) >= 11 is 0. The summed E-state index contributed by atoms with van der Waals surface area (Å²) in [5, 5.41) is 8.22. The molecule has 5 nitrogen and oxygen atoms in total. The van der Waals surface area contributed by atoms with Gasteiger partial charge >= 0.3 is 0 Å². The van der Waals surface area contributed by atoms with Crippen LogP contribution in [0.25, 0.3) is 0 Å². The summed E-state index contributed by atoms with van der Waals surface area (Å²) in [7, 11) is 0. The van der Waals surface area contributed by atoms with Gasteiger partial charge in [-0.15, -0.1) is 10.2 Å². The summed E-state index contributed by atoms with van der Waals surface area (Å²) in [5.41, 5.74) is 0.465.